The minimum Gasteiger partial charge on any atom is -0.462 e. The first kappa shape index (κ1) is 61.4. The fraction of sp³-hybridized carbons (Fsp3) is 0.947. The fourth-order valence-electron chi connectivity index (χ4n) is 8.75. The molecule has 374 valence electrons. The van der Waals surface area contributed by atoms with Crippen molar-refractivity contribution in [2.45, 2.75) is 329 Å². The summed E-state index contributed by atoms with van der Waals surface area (Å²) in [7, 11) is 0. The molecule has 1 atom stereocenters. The molecule has 63 heavy (non-hydrogen) atoms. The number of hydrogen-bond acceptors (Lipinski definition) is 6. The first-order chi connectivity index (χ1) is 30.9. The molecule has 0 saturated heterocycles. The van der Waals surface area contributed by atoms with Crippen molar-refractivity contribution in [2.75, 3.05) is 13.2 Å². The minimum atomic E-state index is -0.761. The Hall–Kier alpha value is -1.59. The van der Waals surface area contributed by atoms with Crippen LogP contribution in [0.15, 0.2) is 0 Å². The number of hydrogen-bond donors (Lipinski definition) is 0. The highest BCUT2D eigenvalue weighted by molar-refractivity contribution is 5.71. The van der Waals surface area contributed by atoms with E-state index in [4.69, 9.17) is 14.2 Å². The topological polar surface area (TPSA) is 78.9 Å². The summed E-state index contributed by atoms with van der Waals surface area (Å²) in [5.74, 6) is 0.00278. The maximum Gasteiger partial charge on any atom is 0.306 e. The number of unbranched alkanes of at least 4 members (excludes halogenated alkanes) is 39. The van der Waals surface area contributed by atoms with Crippen LogP contribution in [0.25, 0.3) is 0 Å². The lowest BCUT2D eigenvalue weighted by Gasteiger charge is -2.18. The molecule has 6 nitrogen and oxygen atoms in total. The first-order valence-corrected chi connectivity index (χ1v) is 28.4. The van der Waals surface area contributed by atoms with Crippen molar-refractivity contribution in [1.29, 1.82) is 0 Å². The van der Waals surface area contributed by atoms with E-state index in [0.717, 1.165) is 63.7 Å². The van der Waals surface area contributed by atoms with Gasteiger partial charge in [0.05, 0.1) is 0 Å². The number of rotatable bonds is 52. The maximum atomic E-state index is 12.8. The van der Waals surface area contributed by atoms with Gasteiger partial charge >= 0.3 is 17.9 Å². The molecule has 0 spiro atoms. The summed E-state index contributed by atoms with van der Waals surface area (Å²) in [5.41, 5.74) is 0. The molecule has 0 rings (SSSR count). The molecule has 0 amide bonds. The standard InChI is InChI=1S/C57H110O6/c1-5-7-9-11-13-15-16-17-18-19-20-21-22-26-29-33-37-41-45-49-56(59)62-52-54(51-61-55(58)48-44-40-36-31-14-12-10-8-6-2)63-57(60)50-46-42-38-34-30-27-24-23-25-28-32-35-39-43-47-53(3)4/h53-54H,5-52H2,1-4H3/t54-/m0/s1. The molecule has 0 aliphatic heterocycles. The van der Waals surface area contributed by atoms with E-state index in [1.54, 1.807) is 0 Å². The predicted octanol–water partition coefficient (Wildman–Crippen LogP) is 18.6. The van der Waals surface area contributed by atoms with E-state index in [-0.39, 0.29) is 31.1 Å². The Kier molecular flexibility index (Phi) is 50.1. The molecular formula is C57H110O6. The van der Waals surface area contributed by atoms with Crippen LogP contribution in [0.3, 0.4) is 0 Å². The average Bonchev–Trinajstić information content (AvgIpc) is 3.27. The van der Waals surface area contributed by atoms with Gasteiger partial charge in [0, 0.05) is 19.3 Å². The molecule has 0 unspecified atom stereocenters. The Balaban J connectivity index is 4.21. The summed E-state index contributed by atoms with van der Waals surface area (Å²) in [6.07, 6.45) is 55.3. The van der Waals surface area contributed by atoms with Gasteiger partial charge in [-0.2, -0.15) is 0 Å². The third-order valence-electron chi connectivity index (χ3n) is 13.0. The molecule has 0 N–H and O–H groups in total. The molecule has 0 aliphatic rings. The van der Waals surface area contributed by atoms with Crippen LogP contribution in [0.2, 0.25) is 0 Å². The van der Waals surface area contributed by atoms with Crippen LogP contribution < -0.4 is 0 Å². The molecule has 0 aromatic rings. The van der Waals surface area contributed by atoms with Gasteiger partial charge < -0.3 is 14.2 Å². The quantitative estimate of drug-likeness (QED) is 0.0344. The van der Waals surface area contributed by atoms with Crippen molar-refractivity contribution >= 4 is 17.9 Å². The Morgan fingerprint density at radius 3 is 0.778 bits per heavy atom. The van der Waals surface area contributed by atoms with Gasteiger partial charge in [0.2, 0.25) is 0 Å². The molecule has 0 fully saturated rings. The summed E-state index contributed by atoms with van der Waals surface area (Å²) in [5, 5.41) is 0. The summed E-state index contributed by atoms with van der Waals surface area (Å²) < 4.78 is 16.8. The van der Waals surface area contributed by atoms with Gasteiger partial charge in [0.25, 0.3) is 0 Å². The first-order valence-electron chi connectivity index (χ1n) is 28.4. The normalized spacial score (nSPS) is 12.0. The van der Waals surface area contributed by atoms with Gasteiger partial charge in [0.1, 0.15) is 13.2 Å². The van der Waals surface area contributed by atoms with Gasteiger partial charge in [-0.05, 0) is 25.2 Å². The molecule has 0 radical (unpaired) electrons. The average molecular weight is 892 g/mol. The van der Waals surface area contributed by atoms with Gasteiger partial charge in [-0.3, -0.25) is 14.4 Å². The van der Waals surface area contributed by atoms with Gasteiger partial charge in [-0.25, -0.2) is 0 Å². The van der Waals surface area contributed by atoms with Crippen molar-refractivity contribution in [3.8, 4) is 0 Å². The van der Waals surface area contributed by atoms with E-state index >= 15 is 0 Å². The van der Waals surface area contributed by atoms with Crippen LogP contribution in [-0.2, 0) is 28.6 Å². The highest BCUT2D eigenvalue weighted by Gasteiger charge is 2.19. The minimum absolute atomic E-state index is 0.0622. The van der Waals surface area contributed by atoms with Crippen molar-refractivity contribution in [1.82, 2.24) is 0 Å². The van der Waals surface area contributed by atoms with Crippen LogP contribution >= 0.6 is 0 Å². The van der Waals surface area contributed by atoms with Crippen LogP contribution in [0, 0.1) is 5.92 Å². The van der Waals surface area contributed by atoms with E-state index < -0.39 is 6.10 Å². The Labute approximate surface area is 393 Å². The lowest BCUT2D eigenvalue weighted by molar-refractivity contribution is -0.167. The summed E-state index contributed by atoms with van der Waals surface area (Å²) in [6.45, 7) is 9.04. The zero-order valence-corrected chi connectivity index (χ0v) is 43.0. The third kappa shape index (κ3) is 51.3. The second-order valence-electron chi connectivity index (χ2n) is 20.1. The Morgan fingerprint density at radius 2 is 0.524 bits per heavy atom. The van der Waals surface area contributed by atoms with Crippen LogP contribution in [-0.4, -0.2) is 37.2 Å². The molecule has 0 aliphatic carbocycles. The smallest absolute Gasteiger partial charge is 0.306 e. The van der Waals surface area contributed by atoms with Crippen molar-refractivity contribution in [2.24, 2.45) is 5.92 Å². The summed E-state index contributed by atoms with van der Waals surface area (Å²) in [6, 6.07) is 0. The molecule has 6 heteroatoms. The van der Waals surface area contributed by atoms with E-state index in [1.807, 2.05) is 0 Å². The molecule has 0 bridgehead atoms. The highest BCUT2D eigenvalue weighted by atomic mass is 16.6. The maximum absolute atomic E-state index is 12.8. The number of carbonyl (C=O) groups excluding carboxylic acids is 3. The fourth-order valence-corrected chi connectivity index (χ4v) is 8.75. The Bertz CT molecular complexity index is 949. The van der Waals surface area contributed by atoms with Crippen molar-refractivity contribution in [3.05, 3.63) is 0 Å². The number of carbonyl (C=O) groups is 3. The molecule has 0 heterocycles. The van der Waals surface area contributed by atoms with E-state index in [9.17, 15) is 14.4 Å². The second-order valence-corrected chi connectivity index (χ2v) is 20.1. The van der Waals surface area contributed by atoms with Crippen molar-refractivity contribution < 1.29 is 28.6 Å². The molecular weight excluding hydrogens is 781 g/mol. The monoisotopic (exact) mass is 891 g/mol. The number of ether oxygens (including phenoxy) is 3. The van der Waals surface area contributed by atoms with E-state index in [0.29, 0.717) is 19.3 Å². The largest absolute Gasteiger partial charge is 0.462 e. The van der Waals surface area contributed by atoms with E-state index in [2.05, 4.69) is 27.7 Å². The van der Waals surface area contributed by atoms with Gasteiger partial charge in [-0.15, -0.1) is 0 Å². The summed E-state index contributed by atoms with van der Waals surface area (Å²) in [4.78, 5) is 38.0. The number of esters is 3. The highest BCUT2D eigenvalue weighted by Crippen LogP contribution is 2.18. The van der Waals surface area contributed by atoms with Crippen LogP contribution in [0.5, 0.6) is 0 Å². The lowest BCUT2D eigenvalue weighted by Crippen LogP contribution is -2.30. The zero-order valence-electron chi connectivity index (χ0n) is 43.0. The third-order valence-corrected chi connectivity index (χ3v) is 13.0. The summed E-state index contributed by atoms with van der Waals surface area (Å²) >= 11 is 0. The Morgan fingerprint density at radius 1 is 0.302 bits per heavy atom. The van der Waals surface area contributed by atoms with Gasteiger partial charge in [-0.1, -0.05) is 285 Å². The van der Waals surface area contributed by atoms with Crippen LogP contribution in [0.4, 0.5) is 0 Å². The van der Waals surface area contributed by atoms with Gasteiger partial charge in [0.15, 0.2) is 6.10 Å². The molecule has 0 aromatic carbocycles. The zero-order chi connectivity index (χ0) is 45.9. The second kappa shape index (κ2) is 51.4. The lowest BCUT2D eigenvalue weighted by atomic mass is 10.0. The predicted molar refractivity (Wildman–Crippen MR) is 270 cm³/mol. The molecule has 0 aromatic heterocycles. The van der Waals surface area contributed by atoms with Crippen LogP contribution in [0.1, 0.15) is 323 Å². The molecule has 0 saturated carbocycles. The van der Waals surface area contributed by atoms with E-state index in [1.165, 1.54) is 218 Å². The van der Waals surface area contributed by atoms with Crippen molar-refractivity contribution in [3.63, 3.8) is 0 Å². The SMILES string of the molecule is CCCCCCCCCCCCCCCCCCCCCC(=O)OC[C@H](COC(=O)CCCCCCCCCCC)OC(=O)CCCCCCCCCCCCCCCCC(C)C.